The number of rotatable bonds is 4. The summed E-state index contributed by atoms with van der Waals surface area (Å²) in [5, 5.41) is 4.29. The third kappa shape index (κ3) is 4.04. The number of methoxy groups -OCH3 is 1. The van der Waals surface area contributed by atoms with Gasteiger partial charge in [-0.15, -0.1) is 0 Å². The number of amides is 1. The van der Waals surface area contributed by atoms with Crippen LogP contribution in [-0.4, -0.2) is 59.5 Å². The molecule has 1 atom stereocenters. The van der Waals surface area contributed by atoms with E-state index in [1.165, 1.54) is 7.11 Å². The van der Waals surface area contributed by atoms with E-state index >= 15 is 0 Å². The van der Waals surface area contributed by atoms with Crippen molar-refractivity contribution in [3.8, 4) is 0 Å². The topological polar surface area (TPSA) is 73.7 Å². The predicted octanol–water partition coefficient (Wildman–Crippen LogP) is 0.290. The number of esters is 1. The van der Waals surface area contributed by atoms with Gasteiger partial charge in [-0.25, -0.2) is 0 Å². The summed E-state index contributed by atoms with van der Waals surface area (Å²) in [6.45, 7) is 5.42. The van der Waals surface area contributed by atoms with Crippen LogP contribution in [0, 0.1) is 13.8 Å². The average Bonchev–Trinajstić information content (AvgIpc) is 2.77. The van der Waals surface area contributed by atoms with Crippen molar-refractivity contribution in [2.75, 3.05) is 26.8 Å². The Labute approximate surface area is 123 Å². The Morgan fingerprint density at radius 1 is 1.48 bits per heavy atom. The number of hydrogen-bond donors (Lipinski definition) is 0. The molecular weight excluding hydrogens is 274 g/mol. The number of morpholine rings is 1. The largest absolute Gasteiger partial charge is 0.469 e. The number of aromatic nitrogens is 2. The van der Waals surface area contributed by atoms with E-state index in [4.69, 9.17) is 4.74 Å². The highest BCUT2D eigenvalue weighted by Gasteiger charge is 2.26. The Morgan fingerprint density at radius 3 is 2.86 bits per heavy atom. The zero-order chi connectivity index (χ0) is 15.4. The van der Waals surface area contributed by atoms with Crippen LogP contribution in [0.1, 0.15) is 17.8 Å². The lowest BCUT2D eigenvalue weighted by Gasteiger charge is -2.32. The molecule has 1 aliphatic heterocycles. The Kier molecular flexibility index (Phi) is 4.95. The smallest absolute Gasteiger partial charge is 0.308 e. The average molecular weight is 295 g/mol. The molecule has 1 fully saturated rings. The van der Waals surface area contributed by atoms with E-state index in [1.807, 2.05) is 19.9 Å². The molecule has 0 saturated carbocycles. The number of carbonyl (C=O) groups is 2. The van der Waals surface area contributed by atoms with Crippen molar-refractivity contribution in [3.05, 3.63) is 17.5 Å². The van der Waals surface area contributed by atoms with Crippen molar-refractivity contribution < 1.29 is 19.1 Å². The van der Waals surface area contributed by atoms with Gasteiger partial charge in [-0.3, -0.25) is 14.3 Å². The maximum atomic E-state index is 12.3. The molecule has 1 aliphatic rings. The first-order chi connectivity index (χ1) is 9.99. The monoisotopic (exact) mass is 295 g/mol. The standard InChI is InChI=1S/C14H21N3O4/c1-10-6-11(2)17(15-10)9-13(18)16-4-5-21-12(8-16)7-14(19)20-3/h6,12H,4-5,7-9H2,1-3H3. The van der Waals surface area contributed by atoms with Crippen molar-refractivity contribution >= 4 is 11.9 Å². The molecule has 0 bridgehead atoms. The minimum Gasteiger partial charge on any atom is -0.469 e. The van der Waals surface area contributed by atoms with Gasteiger partial charge in [-0.05, 0) is 19.9 Å². The second-order valence-electron chi connectivity index (χ2n) is 5.20. The van der Waals surface area contributed by atoms with E-state index in [1.54, 1.807) is 9.58 Å². The highest BCUT2D eigenvalue weighted by Crippen LogP contribution is 2.11. The predicted molar refractivity (Wildman–Crippen MR) is 74.7 cm³/mol. The van der Waals surface area contributed by atoms with Gasteiger partial charge >= 0.3 is 5.97 Å². The second-order valence-corrected chi connectivity index (χ2v) is 5.20. The van der Waals surface area contributed by atoms with E-state index in [-0.39, 0.29) is 30.9 Å². The lowest BCUT2D eigenvalue weighted by atomic mass is 10.2. The molecule has 2 rings (SSSR count). The maximum absolute atomic E-state index is 12.3. The van der Waals surface area contributed by atoms with Gasteiger partial charge in [0.25, 0.3) is 0 Å². The molecule has 0 spiro atoms. The molecule has 1 unspecified atom stereocenters. The first-order valence-corrected chi connectivity index (χ1v) is 6.97. The summed E-state index contributed by atoms with van der Waals surface area (Å²) in [5.74, 6) is -0.341. The summed E-state index contributed by atoms with van der Waals surface area (Å²) in [6.07, 6.45) is -0.129. The zero-order valence-corrected chi connectivity index (χ0v) is 12.7. The highest BCUT2D eigenvalue weighted by molar-refractivity contribution is 5.76. The molecule has 0 aliphatic carbocycles. The van der Waals surface area contributed by atoms with Gasteiger partial charge in [0.2, 0.25) is 5.91 Å². The third-order valence-electron chi connectivity index (χ3n) is 3.50. The van der Waals surface area contributed by atoms with Crippen LogP contribution in [0.4, 0.5) is 0 Å². The summed E-state index contributed by atoms with van der Waals surface area (Å²) >= 11 is 0. The summed E-state index contributed by atoms with van der Waals surface area (Å²) in [5.41, 5.74) is 1.85. The van der Waals surface area contributed by atoms with Crippen molar-refractivity contribution in [2.24, 2.45) is 0 Å². The van der Waals surface area contributed by atoms with Crippen LogP contribution in [0.25, 0.3) is 0 Å². The Bertz CT molecular complexity index is 526. The normalized spacial score (nSPS) is 18.6. The molecule has 1 aromatic rings. The minimum atomic E-state index is -0.326. The van der Waals surface area contributed by atoms with Gasteiger partial charge in [0.1, 0.15) is 6.54 Å². The van der Waals surface area contributed by atoms with E-state index < -0.39 is 0 Å². The Balaban J connectivity index is 1.93. The molecule has 0 N–H and O–H groups in total. The summed E-state index contributed by atoms with van der Waals surface area (Å²) in [7, 11) is 1.34. The molecular formula is C14H21N3O4. The number of aryl methyl sites for hydroxylation is 2. The fourth-order valence-electron chi connectivity index (χ4n) is 2.40. The quantitative estimate of drug-likeness (QED) is 0.747. The Morgan fingerprint density at radius 2 is 2.24 bits per heavy atom. The van der Waals surface area contributed by atoms with Crippen LogP contribution in [0.15, 0.2) is 6.07 Å². The third-order valence-corrected chi connectivity index (χ3v) is 3.50. The number of ether oxygens (including phenoxy) is 2. The van der Waals surface area contributed by atoms with Gasteiger partial charge in [-0.1, -0.05) is 0 Å². The highest BCUT2D eigenvalue weighted by atomic mass is 16.5. The van der Waals surface area contributed by atoms with Crippen LogP contribution in [0.3, 0.4) is 0 Å². The van der Waals surface area contributed by atoms with Crippen molar-refractivity contribution in [2.45, 2.75) is 32.9 Å². The fourth-order valence-corrected chi connectivity index (χ4v) is 2.40. The second kappa shape index (κ2) is 6.71. The van der Waals surface area contributed by atoms with Gasteiger partial charge in [0, 0.05) is 18.8 Å². The summed E-state index contributed by atoms with van der Waals surface area (Å²) in [4.78, 5) is 25.3. The number of carbonyl (C=O) groups excluding carboxylic acids is 2. The van der Waals surface area contributed by atoms with E-state index in [0.29, 0.717) is 19.7 Å². The molecule has 7 heteroatoms. The van der Waals surface area contributed by atoms with Crippen LogP contribution < -0.4 is 0 Å². The van der Waals surface area contributed by atoms with Crippen LogP contribution in [-0.2, 0) is 25.6 Å². The molecule has 21 heavy (non-hydrogen) atoms. The number of hydrogen-bond acceptors (Lipinski definition) is 5. The van der Waals surface area contributed by atoms with Crippen molar-refractivity contribution in [1.82, 2.24) is 14.7 Å². The van der Waals surface area contributed by atoms with Crippen molar-refractivity contribution in [1.29, 1.82) is 0 Å². The van der Waals surface area contributed by atoms with Crippen LogP contribution in [0.2, 0.25) is 0 Å². The first kappa shape index (κ1) is 15.5. The van der Waals surface area contributed by atoms with E-state index in [9.17, 15) is 9.59 Å². The molecule has 7 nitrogen and oxygen atoms in total. The minimum absolute atomic E-state index is 0.0145. The van der Waals surface area contributed by atoms with Gasteiger partial charge < -0.3 is 14.4 Å². The zero-order valence-electron chi connectivity index (χ0n) is 12.7. The van der Waals surface area contributed by atoms with Gasteiger partial charge in [-0.2, -0.15) is 5.10 Å². The van der Waals surface area contributed by atoms with Crippen molar-refractivity contribution in [3.63, 3.8) is 0 Å². The number of nitrogens with zero attached hydrogens (tertiary/aromatic N) is 3. The van der Waals surface area contributed by atoms with Crippen LogP contribution >= 0.6 is 0 Å². The molecule has 1 aromatic heterocycles. The van der Waals surface area contributed by atoms with Crippen LogP contribution in [0.5, 0.6) is 0 Å². The lowest BCUT2D eigenvalue weighted by molar-refractivity contribution is -0.150. The molecule has 0 aromatic carbocycles. The fraction of sp³-hybridized carbons (Fsp3) is 0.643. The molecule has 1 saturated heterocycles. The SMILES string of the molecule is COC(=O)CC1CN(C(=O)Cn2nc(C)cc2C)CCO1. The summed E-state index contributed by atoms with van der Waals surface area (Å²) < 4.78 is 11.8. The molecule has 116 valence electrons. The van der Waals surface area contributed by atoms with Gasteiger partial charge in [0.05, 0.1) is 31.9 Å². The van der Waals surface area contributed by atoms with E-state index in [0.717, 1.165) is 11.4 Å². The molecule has 2 heterocycles. The lowest BCUT2D eigenvalue weighted by Crippen LogP contribution is -2.47. The first-order valence-electron chi connectivity index (χ1n) is 6.97. The summed E-state index contributed by atoms with van der Waals surface area (Å²) in [6, 6.07) is 1.94. The maximum Gasteiger partial charge on any atom is 0.308 e. The Hall–Kier alpha value is -1.89. The molecule has 0 radical (unpaired) electrons. The van der Waals surface area contributed by atoms with E-state index in [2.05, 4.69) is 9.84 Å². The molecule has 1 amide bonds. The van der Waals surface area contributed by atoms with Gasteiger partial charge in [0.15, 0.2) is 0 Å².